The van der Waals surface area contributed by atoms with E-state index in [0.717, 1.165) is 16.9 Å². The average Bonchev–Trinajstić information content (AvgIpc) is 2.74. The summed E-state index contributed by atoms with van der Waals surface area (Å²) in [6.45, 7) is 2.60. The standard InChI is InChI=1S/C13H19N5O/c1-3-19-10-6-4-9(5-7-10)12(17-15)11-8-16-18(2)13(11)14/h4-8,12,17H,3,14-15H2,1-2H3. The van der Waals surface area contributed by atoms with Gasteiger partial charge in [-0.15, -0.1) is 0 Å². The minimum absolute atomic E-state index is 0.190. The van der Waals surface area contributed by atoms with Crippen LogP contribution in [-0.2, 0) is 7.05 Å². The van der Waals surface area contributed by atoms with Gasteiger partial charge in [-0.2, -0.15) is 5.10 Å². The first kappa shape index (κ1) is 13.4. The molecule has 6 nitrogen and oxygen atoms in total. The monoisotopic (exact) mass is 261 g/mol. The number of nitrogens with zero attached hydrogens (tertiary/aromatic N) is 2. The lowest BCUT2D eigenvalue weighted by molar-refractivity contribution is 0.340. The van der Waals surface area contributed by atoms with E-state index in [-0.39, 0.29) is 6.04 Å². The number of nitrogens with two attached hydrogens (primary N) is 2. The van der Waals surface area contributed by atoms with E-state index in [2.05, 4.69) is 10.5 Å². The first-order valence-corrected chi connectivity index (χ1v) is 6.13. The maximum Gasteiger partial charge on any atom is 0.126 e. The smallest absolute Gasteiger partial charge is 0.126 e. The van der Waals surface area contributed by atoms with Crippen molar-refractivity contribution in [2.45, 2.75) is 13.0 Å². The van der Waals surface area contributed by atoms with Crippen molar-refractivity contribution < 1.29 is 4.74 Å². The number of aromatic nitrogens is 2. The molecule has 0 saturated carbocycles. The molecule has 2 aromatic rings. The number of aryl methyl sites for hydroxylation is 1. The van der Waals surface area contributed by atoms with Crippen molar-refractivity contribution in [1.82, 2.24) is 15.2 Å². The van der Waals surface area contributed by atoms with E-state index in [0.29, 0.717) is 12.4 Å². The van der Waals surface area contributed by atoms with Crippen LogP contribution in [-0.4, -0.2) is 16.4 Å². The molecule has 0 amide bonds. The largest absolute Gasteiger partial charge is 0.494 e. The van der Waals surface area contributed by atoms with Crippen LogP contribution in [0.3, 0.4) is 0 Å². The van der Waals surface area contributed by atoms with E-state index in [1.54, 1.807) is 17.9 Å². The van der Waals surface area contributed by atoms with Crippen molar-refractivity contribution in [3.8, 4) is 5.75 Å². The second-order valence-corrected chi connectivity index (χ2v) is 4.21. The maximum absolute atomic E-state index is 5.97. The van der Waals surface area contributed by atoms with Crippen LogP contribution in [0.2, 0.25) is 0 Å². The molecule has 102 valence electrons. The zero-order valence-electron chi connectivity index (χ0n) is 11.1. The molecular formula is C13H19N5O. The van der Waals surface area contributed by atoms with Crippen LogP contribution in [0, 0.1) is 0 Å². The number of hydrogen-bond donors (Lipinski definition) is 3. The molecule has 1 unspecified atom stereocenters. The van der Waals surface area contributed by atoms with Crippen LogP contribution < -0.4 is 21.7 Å². The topological polar surface area (TPSA) is 91.1 Å². The molecule has 1 aromatic heterocycles. The number of anilines is 1. The summed E-state index contributed by atoms with van der Waals surface area (Å²) in [4.78, 5) is 0. The van der Waals surface area contributed by atoms with Crippen LogP contribution in [0.5, 0.6) is 5.75 Å². The summed E-state index contributed by atoms with van der Waals surface area (Å²) in [6, 6.07) is 7.56. The second kappa shape index (κ2) is 5.73. The molecule has 2 rings (SSSR count). The Morgan fingerprint density at radius 2 is 2.05 bits per heavy atom. The molecule has 1 atom stereocenters. The number of hydrogen-bond acceptors (Lipinski definition) is 5. The SMILES string of the molecule is CCOc1ccc(C(NN)c2cnn(C)c2N)cc1. The van der Waals surface area contributed by atoms with Crippen LogP contribution >= 0.6 is 0 Å². The number of nitrogen functional groups attached to an aromatic ring is 1. The Kier molecular flexibility index (Phi) is 4.03. The third-order valence-electron chi connectivity index (χ3n) is 3.02. The predicted octanol–water partition coefficient (Wildman–Crippen LogP) is 0.954. The van der Waals surface area contributed by atoms with Crippen molar-refractivity contribution in [1.29, 1.82) is 0 Å². The maximum atomic E-state index is 5.97. The van der Waals surface area contributed by atoms with Gasteiger partial charge in [0.15, 0.2) is 0 Å². The van der Waals surface area contributed by atoms with E-state index in [1.165, 1.54) is 0 Å². The molecule has 0 saturated heterocycles. The molecule has 19 heavy (non-hydrogen) atoms. The van der Waals surface area contributed by atoms with Gasteiger partial charge in [0.1, 0.15) is 11.6 Å². The van der Waals surface area contributed by atoms with Gasteiger partial charge >= 0.3 is 0 Å². The van der Waals surface area contributed by atoms with Gasteiger partial charge in [-0.1, -0.05) is 12.1 Å². The van der Waals surface area contributed by atoms with Crippen LogP contribution in [0.1, 0.15) is 24.1 Å². The summed E-state index contributed by atoms with van der Waals surface area (Å²) in [7, 11) is 1.80. The first-order chi connectivity index (χ1) is 9.17. The molecule has 0 spiro atoms. The van der Waals surface area contributed by atoms with E-state index in [4.69, 9.17) is 16.3 Å². The summed E-state index contributed by atoms with van der Waals surface area (Å²) in [5.74, 6) is 7.07. The highest BCUT2D eigenvalue weighted by molar-refractivity contribution is 5.46. The molecule has 0 aliphatic heterocycles. The zero-order valence-corrected chi connectivity index (χ0v) is 11.1. The lowest BCUT2D eigenvalue weighted by Crippen LogP contribution is -2.29. The molecule has 0 radical (unpaired) electrons. The van der Waals surface area contributed by atoms with Gasteiger partial charge in [0, 0.05) is 12.6 Å². The number of rotatable bonds is 5. The fourth-order valence-corrected chi connectivity index (χ4v) is 1.98. The fraction of sp³-hybridized carbons (Fsp3) is 0.308. The first-order valence-electron chi connectivity index (χ1n) is 6.13. The Balaban J connectivity index is 2.29. The van der Waals surface area contributed by atoms with Gasteiger partial charge in [-0.25, -0.2) is 5.43 Å². The fourth-order valence-electron chi connectivity index (χ4n) is 1.98. The predicted molar refractivity (Wildman–Crippen MR) is 74.4 cm³/mol. The number of benzene rings is 1. The molecule has 0 aliphatic rings. The molecule has 6 heteroatoms. The van der Waals surface area contributed by atoms with E-state index in [1.807, 2.05) is 31.2 Å². The Labute approximate surface area is 112 Å². The molecule has 1 heterocycles. The van der Waals surface area contributed by atoms with Crippen molar-refractivity contribution in [3.63, 3.8) is 0 Å². The Morgan fingerprint density at radius 1 is 1.37 bits per heavy atom. The highest BCUT2D eigenvalue weighted by Gasteiger charge is 2.18. The van der Waals surface area contributed by atoms with Crippen LogP contribution in [0.15, 0.2) is 30.5 Å². The molecule has 0 aliphatic carbocycles. The summed E-state index contributed by atoms with van der Waals surface area (Å²) in [5.41, 5.74) is 10.6. The number of nitrogens with one attached hydrogen (secondary N) is 1. The van der Waals surface area contributed by atoms with Crippen molar-refractivity contribution in [2.75, 3.05) is 12.3 Å². The summed E-state index contributed by atoms with van der Waals surface area (Å²) >= 11 is 0. The third-order valence-corrected chi connectivity index (χ3v) is 3.02. The van der Waals surface area contributed by atoms with Gasteiger partial charge < -0.3 is 10.5 Å². The minimum atomic E-state index is -0.190. The lowest BCUT2D eigenvalue weighted by Gasteiger charge is -2.16. The lowest BCUT2D eigenvalue weighted by atomic mass is 10.0. The molecule has 0 fully saturated rings. The van der Waals surface area contributed by atoms with Gasteiger partial charge in [-0.3, -0.25) is 10.5 Å². The van der Waals surface area contributed by atoms with Gasteiger partial charge in [0.2, 0.25) is 0 Å². The quantitative estimate of drug-likeness (QED) is 0.550. The number of ether oxygens (including phenoxy) is 1. The molecular weight excluding hydrogens is 242 g/mol. The summed E-state index contributed by atoms with van der Waals surface area (Å²) < 4.78 is 7.03. The van der Waals surface area contributed by atoms with Gasteiger partial charge in [-0.05, 0) is 24.6 Å². The third kappa shape index (κ3) is 2.69. The molecule has 5 N–H and O–H groups in total. The van der Waals surface area contributed by atoms with E-state index in [9.17, 15) is 0 Å². The van der Waals surface area contributed by atoms with Crippen molar-refractivity contribution >= 4 is 5.82 Å². The van der Waals surface area contributed by atoms with E-state index < -0.39 is 0 Å². The van der Waals surface area contributed by atoms with Crippen LogP contribution in [0.4, 0.5) is 5.82 Å². The van der Waals surface area contributed by atoms with Gasteiger partial charge in [0.05, 0.1) is 18.8 Å². The normalized spacial score (nSPS) is 12.4. The molecule has 1 aromatic carbocycles. The highest BCUT2D eigenvalue weighted by Crippen LogP contribution is 2.26. The minimum Gasteiger partial charge on any atom is -0.494 e. The summed E-state index contributed by atoms with van der Waals surface area (Å²) in [5, 5.41) is 4.13. The second-order valence-electron chi connectivity index (χ2n) is 4.21. The van der Waals surface area contributed by atoms with Gasteiger partial charge in [0.25, 0.3) is 0 Å². The average molecular weight is 261 g/mol. The Morgan fingerprint density at radius 3 is 2.53 bits per heavy atom. The summed E-state index contributed by atoms with van der Waals surface area (Å²) in [6.07, 6.45) is 1.72. The zero-order chi connectivity index (χ0) is 13.8. The molecule has 0 bridgehead atoms. The van der Waals surface area contributed by atoms with Crippen LogP contribution in [0.25, 0.3) is 0 Å². The highest BCUT2D eigenvalue weighted by atomic mass is 16.5. The Bertz CT molecular complexity index is 534. The van der Waals surface area contributed by atoms with Crippen molar-refractivity contribution in [2.24, 2.45) is 12.9 Å². The Hall–Kier alpha value is -2.05. The van der Waals surface area contributed by atoms with Crippen molar-refractivity contribution in [3.05, 3.63) is 41.6 Å². The van der Waals surface area contributed by atoms with E-state index >= 15 is 0 Å². The number of hydrazine groups is 1.